The number of thiophene rings is 1. The third-order valence-corrected chi connectivity index (χ3v) is 4.63. The van der Waals surface area contributed by atoms with Gasteiger partial charge in [-0.1, -0.05) is 6.92 Å². The summed E-state index contributed by atoms with van der Waals surface area (Å²) in [5, 5.41) is 3.03. The highest BCUT2D eigenvalue weighted by Gasteiger charge is 2.23. The van der Waals surface area contributed by atoms with Crippen molar-refractivity contribution in [2.45, 2.75) is 27.2 Å². The van der Waals surface area contributed by atoms with Gasteiger partial charge in [-0.25, -0.2) is 9.59 Å². The summed E-state index contributed by atoms with van der Waals surface area (Å²) in [5.41, 5.74) is 1.20. The number of anilines is 1. The summed E-state index contributed by atoms with van der Waals surface area (Å²) in [6, 6.07) is 3.37. The zero-order valence-electron chi connectivity index (χ0n) is 15.4. The molecule has 1 amide bonds. The zero-order chi connectivity index (χ0) is 19.8. The van der Waals surface area contributed by atoms with E-state index in [1.165, 1.54) is 29.8 Å². The van der Waals surface area contributed by atoms with E-state index < -0.39 is 24.5 Å². The number of carbonyl (C=O) groups is 3. The smallest absolute Gasteiger partial charge is 0.341 e. The Hall–Kier alpha value is -2.87. The quantitative estimate of drug-likeness (QED) is 0.546. The van der Waals surface area contributed by atoms with Crippen molar-refractivity contribution in [1.82, 2.24) is 0 Å². The fourth-order valence-corrected chi connectivity index (χ4v) is 3.54. The minimum absolute atomic E-state index is 0.240. The van der Waals surface area contributed by atoms with Gasteiger partial charge in [-0.3, -0.25) is 4.79 Å². The minimum atomic E-state index is -0.677. The van der Waals surface area contributed by atoms with Gasteiger partial charge in [-0.15, -0.1) is 11.3 Å². The largest absolute Gasteiger partial charge is 0.465 e. The molecule has 0 fully saturated rings. The first-order valence-corrected chi connectivity index (χ1v) is 9.25. The van der Waals surface area contributed by atoms with E-state index in [9.17, 15) is 14.4 Å². The third kappa shape index (κ3) is 5.55. The molecule has 2 aromatic rings. The Bertz CT molecular complexity index is 835. The van der Waals surface area contributed by atoms with Crippen LogP contribution in [0.5, 0.6) is 0 Å². The molecule has 7 nitrogen and oxygen atoms in total. The van der Waals surface area contributed by atoms with Gasteiger partial charge in [0.15, 0.2) is 6.61 Å². The Morgan fingerprint density at radius 1 is 1.26 bits per heavy atom. The van der Waals surface area contributed by atoms with Crippen molar-refractivity contribution in [2.24, 2.45) is 0 Å². The van der Waals surface area contributed by atoms with Gasteiger partial charge in [0.1, 0.15) is 10.8 Å². The number of hydrogen-bond donors (Lipinski definition) is 1. The number of amides is 1. The number of aryl methyl sites for hydroxylation is 1. The third-order valence-electron chi connectivity index (χ3n) is 3.57. The molecule has 1 N–H and O–H groups in total. The van der Waals surface area contributed by atoms with E-state index in [2.05, 4.69) is 5.32 Å². The average molecular weight is 391 g/mol. The van der Waals surface area contributed by atoms with Crippen LogP contribution in [-0.4, -0.2) is 31.1 Å². The van der Waals surface area contributed by atoms with Gasteiger partial charge < -0.3 is 19.2 Å². The topological polar surface area (TPSA) is 94.8 Å². The number of hydrogen-bond acceptors (Lipinski definition) is 7. The van der Waals surface area contributed by atoms with Crippen molar-refractivity contribution in [1.29, 1.82) is 0 Å². The Labute approximate surface area is 161 Å². The van der Waals surface area contributed by atoms with E-state index in [1.54, 1.807) is 19.1 Å². The van der Waals surface area contributed by atoms with Crippen molar-refractivity contribution in [3.63, 3.8) is 0 Å². The highest BCUT2D eigenvalue weighted by atomic mass is 32.1. The second kappa shape index (κ2) is 9.72. The van der Waals surface area contributed by atoms with Gasteiger partial charge in [0.05, 0.1) is 18.4 Å². The van der Waals surface area contributed by atoms with Crippen LogP contribution in [0, 0.1) is 6.92 Å². The van der Waals surface area contributed by atoms with Crippen LogP contribution < -0.4 is 5.32 Å². The molecular weight excluding hydrogens is 370 g/mol. The summed E-state index contributed by atoms with van der Waals surface area (Å²) in [4.78, 5) is 36.9. The second-order valence-corrected chi connectivity index (χ2v) is 6.64. The van der Waals surface area contributed by atoms with Gasteiger partial charge in [-0.2, -0.15) is 0 Å². The summed E-state index contributed by atoms with van der Waals surface area (Å²) in [6.07, 6.45) is 4.72. The monoisotopic (exact) mass is 391 g/mol. The number of carbonyl (C=O) groups excluding carboxylic acids is 3. The van der Waals surface area contributed by atoms with Crippen molar-refractivity contribution in [2.75, 3.05) is 18.5 Å². The molecule has 0 atom stereocenters. The molecular formula is C19H21NO6S. The first-order chi connectivity index (χ1) is 13.0. The molecule has 0 spiro atoms. The van der Waals surface area contributed by atoms with Crippen LogP contribution in [-0.2, 0) is 25.5 Å². The fraction of sp³-hybridized carbons (Fsp3) is 0.316. The Morgan fingerprint density at radius 3 is 2.67 bits per heavy atom. The molecule has 0 radical (unpaired) electrons. The minimum Gasteiger partial charge on any atom is -0.465 e. The molecule has 8 heteroatoms. The van der Waals surface area contributed by atoms with Crippen LogP contribution in [0.15, 0.2) is 28.9 Å². The first-order valence-electron chi connectivity index (χ1n) is 8.43. The summed E-state index contributed by atoms with van der Waals surface area (Å²) in [5.74, 6) is -1.20. The SMILES string of the molecule is CCOC(=O)c1c(NC(=O)COC(=O)C=Cc2ccco2)sc(C)c1CC. The fourth-order valence-electron chi connectivity index (χ4n) is 2.40. The zero-order valence-corrected chi connectivity index (χ0v) is 16.2. The van der Waals surface area contributed by atoms with Crippen molar-refractivity contribution in [3.8, 4) is 0 Å². The van der Waals surface area contributed by atoms with E-state index >= 15 is 0 Å². The van der Waals surface area contributed by atoms with Crippen LogP contribution in [0.25, 0.3) is 6.08 Å². The molecule has 0 aromatic carbocycles. The van der Waals surface area contributed by atoms with E-state index in [0.29, 0.717) is 22.7 Å². The molecule has 144 valence electrons. The van der Waals surface area contributed by atoms with E-state index in [0.717, 1.165) is 10.4 Å². The normalized spacial score (nSPS) is 10.8. The van der Waals surface area contributed by atoms with E-state index in [4.69, 9.17) is 13.9 Å². The van der Waals surface area contributed by atoms with Crippen LogP contribution in [0.3, 0.4) is 0 Å². The lowest BCUT2D eigenvalue weighted by Gasteiger charge is -2.08. The summed E-state index contributed by atoms with van der Waals surface area (Å²) >= 11 is 1.29. The summed E-state index contributed by atoms with van der Waals surface area (Å²) in [7, 11) is 0. The van der Waals surface area contributed by atoms with Crippen LogP contribution in [0.4, 0.5) is 5.00 Å². The summed E-state index contributed by atoms with van der Waals surface area (Å²) in [6.45, 7) is 5.29. The molecule has 0 saturated heterocycles. The van der Waals surface area contributed by atoms with Gasteiger partial charge in [0.2, 0.25) is 0 Å². The van der Waals surface area contributed by atoms with E-state index in [-0.39, 0.29) is 6.61 Å². The second-order valence-electron chi connectivity index (χ2n) is 5.42. The number of furan rings is 1. The van der Waals surface area contributed by atoms with Crippen LogP contribution in [0.2, 0.25) is 0 Å². The summed E-state index contributed by atoms with van der Waals surface area (Å²) < 4.78 is 15.0. The molecule has 0 unspecified atom stereocenters. The lowest BCUT2D eigenvalue weighted by Crippen LogP contribution is -2.21. The van der Waals surface area contributed by atoms with Crippen LogP contribution in [0.1, 0.15) is 40.4 Å². The molecule has 0 saturated carbocycles. The number of esters is 2. The molecule has 2 aromatic heterocycles. The van der Waals surface area contributed by atoms with Crippen molar-refractivity contribution in [3.05, 3.63) is 46.2 Å². The number of nitrogens with one attached hydrogen (secondary N) is 1. The molecule has 0 aliphatic rings. The standard InChI is InChI=1S/C19H21NO6S/c1-4-14-12(3)27-18(17(14)19(23)24-5-2)20-15(21)11-26-16(22)9-8-13-7-6-10-25-13/h6-10H,4-5,11H2,1-3H3,(H,20,21). The van der Waals surface area contributed by atoms with Gasteiger partial charge in [0.25, 0.3) is 5.91 Å². The molecule has 27 heavy (non-hydrogen) atoms. The molecule has 0 bridgehead atoms. The van der Waals surface area contributed by atoms with Gasteiger partial charge in [0, 0.05) is 11.0 Å². The number of ether oxygens (including phenoxy) is 2. The predicted octanol–water partition coefficient (Wildman–Crippen LogP) is 3.58. The van der Waals surface area contributed by atoms with Gasteiger partial charge in [-0.05, 0) is 44.0 Å². The lowest BCUT2D eigenvalue weighted by molar-refractivity contribution is -0.142. The number of rotatable bonds is 8. The molecule has 2 rings (SSSR count). The highest BCUT2D eigenvalue weighted by molar-refractivity contribution is 7.16. The van der Waals surface area contributed by atoms with Gasteiger partial charge >= 0.3 is 11.9 Å². The van der Waals surface area contributed by atoms with Crippen LogP contribution >= 0.6 is 11.3 Å². The molecule has 0 aliphatic carbocycles. The molecule has 2 heterocycles. The maximum Gasteiger partial charge on any atom is 0.341 e. The first kappa shape index (κ1) is 20.4. The maximum atomic E-state index is 12.2. The molecule has 0 aliphatic heterocycles. The van der Waals surface area contributed by atoms with Crippen molar-refractivity contribution < 1.29 is 28.3 Å². The Kier molecular flexibility index (Phi) is 7.36. The lowest BCUT2D eigenvalue weighted by atomic mass is 10.1. The van der Waals surface area contributed by atoms with E-state index in [1.807, 2.05) is 13.8 Å². The average Bonchev–Trinajstić information content (AvgIpc) is 3.25. The Morgan fingerprint density at radius 2 is 2.04 bits per heavy atom. The highest BCUT2D eigenvalue weighted by Crippen LogP contribution is 2.34. The maximum absolute atomic E-state index is 12.2. The predicted molar refractivity (Wildman–Crippen MR) is 102 cm³/mol. The van der Waals surface area contributed by atoms with Crippen molar-refractivity contribution >= 4 is 40.3 Å². The Balaban J connectivity index is 1.99.